The molecule has 13 N–H and O–H groups in total. The van der Waals surface area contributed by atoms with Crippen LogP contribution in [0.25, 0.3) is 0 Å². The van der Waals surface area contributed by atoms with Gasteiger partial charge in [-0.15, -0.1) is 0 Å². The molecule has 1 saturated heterocycles. The number of amides is 7. The molecule has 3 rings (SSSR count). The SMILES string of the molecule is CC(C)(C)C(NC(=O)C(CCCN=C(N)N)NC(=O)CCSCc1cccc(CC(=O)NC(CCC(=O)O)C(=O)N2CCCC2C(=O)NC(C(N)=O)C2CCCCC2)c1)C(N)=O. The lowest BCUT2D eigenvalue weighted by Gasteiger charge is -2.32. The quantitative estimate of drug-likeness (QED) is 0.0385. The summed E-state index contributed by atoms with van der Waals surface area (Å²) < 4.78 is 0. The van der Waals surface area contributed by atoms with E-state index >= 15 is 0 Å². The van der Waals surface area contributed by atoms with E-state index in [1.54, 1.807) is 32.9 Å². The number of carboxylic acid groups (broad SMARTS) is 1. The monoisotopic (exact) mass is 886 g/mol. The summed E-state index contributed by atoms with van der Waals surface area (Å²) in [7, 11) is 0. The molecule has 1 aliphatic heterocycles. The van der Waals surface area contributed by atoms with Gasteiger partial charge in [-0.2, -0.15) is 11.8 Å². The van der Waals surface area contributed by atoms with Gasteiger partial charge in [0, 0.05) is 37.4 Å². The Labute approximate surface area is 367 Å². The van der Waals surface area contributed by atoms with Gasteiger partial charge in [-0.3, -0.25) is 43.3 Å². The summed E-state index contributed by atoms with van der Waals surface area (Å²) in [6.07, 6.45) is 5.30. The van der Waals surface area contributed by atoms with Gasteiger partial charge in [0.05, 0.1) is 6.42 Å². The maximum absolute atomic E-state index is 13.9. The minimum absolute atomic E-state index is 0.0827. The number of hydrogen-bond acceptors (Lipinski definition) is 10. The molecule has 2 fully saturated rings. The Morgan fingerprint density at radius 2 is 1.50 bits per heavy atom. The van der Waals surface area contributed by atoms with E-state index in [-0.39, 0.29) is 56.6 Å². The van der Waals surface area contributed by atoms with Gasteiger partial charge in [-0.05, 0) is 67.4 Å². The van der Waals surface area contributed by atoms with Crippen molar-refractivity contribution in [1.82, 2.24) is 26.2 Å². The highest BCUT2D eigenvalue weighted by molar-refractivity contribution is 7.98. The van der Waals surface area contributed by atoms with Crippen molar-refractivity contribution in [3.8, 4) is 0 Å². The summed E-state index contributed by atoms with van der Waals surface area (Å²) in [5.74, 6) is -4.28. The van der Waals surface area contributed by atoms with E-state index in [0.29, 0.717) is 36.3 Å². The number of aliphatic carboxylic acids is 1. The smallest absolute Gasteiger partial charge is 0.303 e. The van der Waals surface area contributed by atoms with Crippen LogP contribution in [0, 0.1) is 11.3 Å². The van der Waals surface area contributed by atoms with Crippen LogP contribution in [0.3, 0.4) is 0 Å². The third-order valence-electron chi connectivity index (χ3n) is 11.0. The number of nitrogens with zero attached hydrogens (tertiary/aromatic N) is 2. The number of rotatable bonds is 24. The zero-order chi connectivity index (χ0) is 46.0. The van der Waals surface area contributed by atoms with Crippen molar-refractivity contribution >= 4 is 65.0 Å². The fourth-order valence-corrected chi connectivity index (χ4v) is 8.67. The van der Waals surface area contributed by atoms with Crippen LogP contribution >= 0.6 is 11.8 Å². The van der Waals surface area contributed by atoms with Gasteiger partial charge in [0.1, 0.15) is 30.2 Å². The number of guanidine groups is 1. The van der Waals surface area contributed by atoms with E-state index < -0.39 is 83.5 Å². The number of carbonyl (C=O) groups excluding carboxylic acids is 7. The predicted molar refractivity (Wildman–Crippen MR) is 235 cm³/mol. The number of nitrogens with two attached hydrogens (primary N) is 4. The average Bonchev–Trinajstić information content (AvgIpc) is 3.70. The molecule has 1 aromatic rings. The molecule has 5 unspecified atom stereocenters. The van der Waals surface area contributed by atoms with Gasteiger partial charge < -0.3 is 54.2 Å². The summed E-state index contributed by atoms with van der Waals surface area (Å²) in [6.45, 7) is 5.75. The summed E-state index contributed by atoms with van der Waals surface area (Å²) in [5.41, 5.74) is 22.9. The Morgan fingerprint density at radius 1 is 0.823 bits per heavy atom. The minimum Gasteiger partial charge on any atom is -0.481 e. The second-order valence-corrected chi connectivity index (χ2v) is 18.2. The maximum Gasteiger partial charge on any atom is 0.303 e. The van der Waals surface area contributed by atoms with Crippen LogP contribution in [0.1, 0.15) is 109 Å². The van der Waals surface area contributed by atoms with Crippen molar-refractivity contribution in [2.24, 2.45) is 39.3 Å². The zero-order valence-corrected chi connectivity index (χ0v) is 36.9. The van der Waals surface area contributed by atoms with Crippen molar-refractivity contribution in [2.45, 2.75) is 140 Å². The van der Waals surface area contributed by atoms with E-state index in [2.05, 4.69) is 26.3 Å². The first-order chi connectivity index (χ1) is 29.3. The van der Waals surface area contributed by atoms with Crippen LogP contribution < -0.4 is 44.2 Å². The Hall–Kier alpha value is -5.40. The molecule has 1 aliphatic carbocycles. The molecule has 0 radical (unpaired) electrons. The van der Waals surface area contributed by atoms with Gasteiger partial charge in [-0.1, -0.05) is 64.3 Å². The Morgan fingerprint density at radius 3 is 2.13 bits per heavy atom. The molecule has 1 heterocycles. The van der Waals surface area contributed by atoms with Crippen molar-refractivity contribution in [3.05, 3.63) is 35.4 Å². The molecule has 0 bridgehead atoms. The fourth-order valence-electron chi connectivity index (χ4n) is 7.78. The van der Waals surface area contributed by atoms with Crippen LogP contribution in [0.2, 0.25) is 0 Å². The number of carbonyl (C=O) groups is 8. The molecule has 2 aliphatic rings. The molecule has 1 saturated carbocycles. The third kappa shape index (κ3) is 17.2. The molecule has 19 nitrogen and oxygen atoms in total. The molecular formula is C42H66N10O9S. The summed E-state index contributed by atoms with van der Waals surface area (Å²) in [6, 6.07) is 2.34. The van der Waals surface area contributed by atoms with Gasteiger partial charge in [0.25, 0.3) is 0 Å². The first kappa shape index (κ1) is 51.0. The van der Waals surface area contributed by atoms with Gasteiger partial charge in [-0.25, -0.2) is 0 Å². The standard InChI is InChI=1S/C42H66N10O9S/c1-42(2,3)35(37(44)58)51-38(59)28(14-8-19-47-41(45)46)48-31(53)18-21-62-24-26-11-7-10-25(22-26)23-32(54)49-29(16-17-33(55)56)40(61)52-20-9-15-30(52)39(60)50-34(36(43)57)27-12-5-4-6-13-27/h7,10-11,22,27-30,34-35H,4-6,8-9,12-21,23-24H2,1-3H3,(H2,43,57)(H2,44,58)(H,48,53)(H,49,54)(H,50,60)(H,51,59)(H,55,56)(H4,45,46,47). The molecule has 0 aromatic heterocycles. The zero-order valence-electron chi connectivity index (χ0n) is 36.1. The van der Waals surface area contributed by atoms with E-state index in [0.717, 1.165) is 37.7 Å². The van der Waals surface area contributed by atoms with Gasteiger partial charge in [0.2, 0.25) is 41.4 Å². The normalized spacial score (nSPS) is 17.4. The Bertz CT molecular complexity index is 1780. The van der Waals surface area contributed by atoms with Gasteiger partial charge >= 0.3 is 5.97 Å². The highest BCUT2D eigenvalue weighted by Gasteiger charge is 2.40. The second-order valence-electron chi connectivity index (χ2n) is 17.1. The number of thioether (sulfide) groups is 1. The second kappa shape index (κ2) is 24.9. The maximum atomic E-state index is 13.9. The first-order valence-electron chi connectivity index (χ1n) is 21.3. The lowest BCUT2D eigenvalue weighted by Crippen LogP contribution is -2.57. The molecule has 62 heavy (non-hydrogen) atoms. The van der Waals surface area contributed by atoms with Crippen molar-refractivity contribution < 1.29 is 43.5 Å². The van der Waals surface area contributed by atoms with Crippen LogP contribution in [0.4, 0.5) is 0 Å². The number of aliphatic imine (C=N–C) groups is 1. The van der Waals surface area contributed by atoms with Crippen molar-refractivity contribution in [2.75, 3.05) is 18.8 Å². The molecule has 1 aromatic carbocycles. The predicted octanol–water partition coefficient (Wildman–Crippen LogP) is 0.298. The summed E-state index contributed by atoms with van der Waals surface area (Å²) in [5, 5.41) is 20.3. The summed E-state index contributed by atoms with van der Waals surface area (Å²) in [4.78, 5) is 108. The Balaban J connectivity index is 1.57. The lowest BCUT2D eigenvalue weighted by atomic mass is 9.83. The number of hydrogen-bond donors (Lipinski definition) is 9. The minimum atomic E-state index is -1.20. The Kier molecular flexibility index (Phi) is 20.5. The summed E-state index contributed by atoms with van der Waals surface area (Å²) >= 11 is 1.46. The molecular weight excluding hydrogens is 821 g/mol. The lowest BCUT2D eigenvalue weighted by molar-refractivity contribution is -0.143. The van der Waals surface area contributed by atoms with Gasteiger partial charge in [0.15, 0.2) is 5.96 Å². The molecule has 5 atom stereocenters. The van der Waals surface area contributed by atoms with E-state index in [1.807, 2.05) is 12.1 Å². The third-order valence-corrected chi connectivity index (χ3v) is 12.0. The highest BCUT2D eigenvalue weighted by atomic mass is 32.2. The molecule has 344 valence electrons. The van der Waals surface area contributed by atoms with E-state index in [1.165, 1.54) is 16.7 Å². The highest BCUT2D eigenvalue weighted by Crippen LogP contribution is 2.28. The molecule has 20 heteroatoms. The van der Waals surface area contributed by atoms with Crippen LogP contribution in [0.5, 0.6) is 0 Å². The number of primary amides is 2. The van der Waals surface area contributed by atoms with Crippen molar-refractivity contribution in [3.63, 3.8) is 0 Å². The van der Waals surface area contributed by atoms with Crippen LogP contribution in [-0.4, -0.2) is 112 Å². The fraction of sp³-hybridized carbons (Fsp3) is 0.643. The number of benzene rings is 1. The molecule has 7 amide bonds. The average molecular weight is 887 g/mol. The first-order valence-corrected chi connectivity index (χ1v) is 22.4. The van der Waals surface area contributed by atoms with E-state index in [4.69, 9.17) is 22.9 Å². The van der Waals surface area contributed by atoms with Crippen LogP contribution in [-0.2, 0) is 50.5 Å². The van der Waals surface area contributed by atoms with E-state index in [9.17, 15) is 43.5 Å². The van der Waals surface area contributed by atoms with Crippen molar-refractivity contribution in [1.29, 1.82) is 0 Å². The number of nitrogens with one attached hydrogen (secondary N) is 4. The molecule has 0 spiro atoms. The number of likely N-dealkylation sites (tertiary alicyclic amines) is 1. The topological polar surface area (TPSA) is 325 Å². The van der Waals surface area contributed by atoms with Crippen LogP contribution in [0.15, 0.2) is 29.3 Å². The largest absolute Gasteiger partial charge is 0.481 e. The number of carboxylic acids is 1.